The molecule has 0 spiro atoms. The minimum absolute atomic E-state index is 0.0978. The molecule has 10 heteroatoms. The maximum absolute atomic E-state index is 12.9. The van der Waals surface area contributed by atoms with Crippen LogP contribution in [0.25, 0.3) is 10.9 Å². The molecule has 1 aliphatic rings. The molecule has 0 atom stereocenters. The first-order chi connectivity index (χ1) is 14.6. The Kier molecular flexibility index (Phi) is 5.43. The second-order valence-corrected chi connectivity index (χ2v) is 8.03. The Bertz CT molecular complexity index is 1170. The van der Waals surface area contributed by atoms with E-state index in [1.54, 1.807) is 41.6 Å². The van der Waals surface area contributed by atoms with Crippen LogP contribution < -0.4 is 4.74 Å². The number of carbonyl (C=O) groups is 1. The summed E-state index contributed by atoms with van der Waals surface area (Å²) in [6.45, 7) is 1.78. The van der Waals surface area contributed by atoms with E-state index in [9.17, 15) is 18.0 Å². The zero-order valence-electron chi connectivity index (χ0n) is 17.1. The first kappa shape index (κ1) is 21.6. The van der Waals surface area contributed by atoms with Gasteiger partial charge < -0.3 is 9.30 Å². The highest BCUT2D eigenvalue weighted by molar-refractivity contribution is 6.36. The summed E-state index contributed by atoms with van der Waals surface area (Å²) < 4.78 is 45.5. The lowest BCUT2D eigenvalue weighted by Crippen LogP contribution is -2.52. The number of rotatable bonds is 5. The van der Waals surface area contributed by atoms with Gasteiger partial charge in [-0.2, -0.15) is 13.2 Å². The molecule has 0 amide bonds. The second kappa shape index (κ2) is 7.80. The lowest BCUT2D eigenvalue weighted by atomic mass is 9.98. The van der Waals surface area contributed by atoms with Gasteiger partial charge in [0.15, 0.2) is 0 Å². The van der Waals surface area contributed by atoms with Gasteiger partial charge >= 0.3 is 6.18 Å². The van der Waals surface area contributed by atoms with Crippen molar-refractivity contribution in [3.63, 3.8) is 0 Å². The number of hydrogen-bond donors (Lipinski definition) is 0. The second-order valence-electron chi connectivity index (χ2n) is 7.66. The number of alkyl halides is 3. The normalized spacial score (nSPS) is 15.3. The minimum atomic E-state index is -4.20. The van der Waals surface area contributed by atoms with E-state index in [0.29, 0.717) is 38.6 Å². The van der Waals surface area contributed by atoms with E-state index in [2.05, 4.69) is 9.97 Å². The van der Waals surface area contributed by atoms with Gasteiger partial charge in [0.05, 0.1) is 29.8 Å². The van der Waals surface area contributed by atoms with E-state index < -0.39 is 12.1 Å². The van der Waals surface area contributed by atoms with Crippen LogP contribution in [-0.4, -0.2) is 51.6 Å². The SMILES string of the molecule is COc1nc2ccc(C(=O)c3cnc(C)n3C)cc2c(Cl)c1CN1CC(C(F)(F)F)C1. The number of methoxy groups -OCH3 is 1. The fourth-order valence-electron chi connectivity index (χ4n) is 3.68. The van der Waals surface area contributed by atoms with Gasteiger partial charge in [0, 0.05) is 43.2 Å². The van der Waals surface area contributed by atoms with Crippen molar-refractivity contribution in [1.29, 1.82) is 0 Å². The lowest BCUT2D eigenvalue weighted by Gasteiger charge is -2.40. The molecule has 3 heterocycles. The summed E-state index contributed by atoms with van der Waals surface area (Å²) in [6.07, 6.45) is -2.69. The minimum Gasteiger partial charge on any atom is -0.481 e. The highest BCUT2D eigenvalue weighted by atomic mass is 35.5. The number of carbonyl (C=O) groups excluding carboxylic acids is 1. The van der Waals surface area contributed by atoms with Crippen LogP contribution in [0.1, 0.15) is 27.4 Å². The predicted molar refractivity (Wildman–Crippen MR) is 110 cm³/mol. The molecule has 0 unspecified atom stereocenters. The van der Waals surface area contributed by atoms with Crippen LogP contribution in [0.4, 0.5) is 13.2 Å². The number of hydrogen-bond acceptors (Lipinski definition) is 5. The van der Waals surface area contributed by atoms with Crippen molar-refractivity contribution in [3.8, 4) is 5.88 Å². The Hall–Kier alpha value is -2.65. The third-order valence-corrected chi connectivity index (χ3v) is 6.12. The molecule has 0 radical (unpaired) electrons. The van der Waals surface area contributed by atoms with Crippen molar-refractivity contribution >= 4 is 28.3 Å². The molecule has 2 aromatic heterocycles. The summed E-state index contributed by atoms with van der Waals surface area (Å²) >= 11 is 6.64. The molecule has 6 nitrogen and oxygen atoms in total. The number of benzene rings is 1. The summed E-state index contributed by atoms with van der Waals surface area (Å²) in [5.74, 6) is -0.580. The molecule has 0 bridgehead atoms. The molecule has 1 fully saturated rings. The van der Waals surface area contributed by atoms with Crippen LogP contribution in [-0.2, 0) is 13.6 Å². The van der Waals surface area contributed by atoms with Crippen LogP contribution in [0.3, 0.4) is 0 Å². The Morgan fingerprint density at radius 3 is 2.61 bits per heavy atom. The molecule has 164 valence electrons. The van der Waals surface area contributed by atoms with Crippen molar-refractivity contribution in [2.45, 2.75) is 19.6 Å². The Balaban J connectivity index is 1.68. The van der Waals surface area contributed by atoms with E-state index in [-0.39, 0.29) is 31.3 Å². The molecular formula is C21H20ClF3N4O2. The van der Waals surface area contributed by atoms with Crippen LogP contribution in [0.15, 0.2) is 24.4 Å². The van der Waals surface area contributed by atoms with Crippen molar-refractivity contribution in [2.75, 3.05) is 20.2 Å². The highest BCUT2D eigenvalue weighted by Crippen LogP contribution is 2.38. The topological polar surface area (TPSA) is 60.2 Å². The van der Waals surface area contributed by atoms with Crippen LogP contribution in [0, 0.1) is 12.8 Å². The zero-order valence-corrected chi connectivity index (χ0v) is 17.9. The van der Waals surface area contributed by atoms with Gasteiger partial charge in [-0.05, 0) is 25.1 Å². The third kappa shape index (κ3) is 3.87. The highest BCUT2D eigenvalue weighted by Gasteiger charge is 2.47. The van der Waals surface area contributed by atoms with E-state index in [1.807, 2.05) is 0 Å². The molecule has 1 aliphatic heterocycles. The first-order valence-corrected chi connectivity index (χ1v) is 9.96. The molecule has 0 aliphatic carbocycles. The molecule has 1 aromatic carbocycles. The summed E-state index contributed by atoms with van der Waals surface area (Å²) in [5, 5.41) is 0.850. The fraction of sp³-hybridized carbons (Fsp3) is 0.381. The van der Waals surface area contributed by atoms with E-state index >= 15 is 0 Å². The van der Waals surface area contributed by atoms with Crippen LogP contribution >= 0.6 is 11.6 Å². The standard InChI is InChI=1S/C21H20ClF3N4O2/c1-11-26-7-17(28(11)2)19(30)12-4-5-16-14(6-12)18(22)15(20(27-16)31-3)10-29-8-13(9-29)21(23,24)25/h4-7,13H,8-10H2,1-3H3. The van der Waals surface area contributed by atoms with Gasteiger partial charge in [-0.3, -0.25) is 9.69 Å². The average Bonchev–Trinajstić information content (AvgIpc) is 3.02. The fourth-order valence-corrected chi connectivity index (χ4v) is 3.97. The Labute approximate surface area is 181 Å². The number of ether oxygens (including phenoxy) is 1. The summed E-state index contributed by atoms with van der Waals surface area (Å²) in [7, 11) is 3.20. The van der Waals surface area contributed by atoms with Gasteiger partial charge in [-0.15, -0.1) is 0 Å². The maximum Gasteiger partial charge on any atom is 0.394 e. The molecule has 31 heavy (non-hydrogen) atoms. The summed E-state index contributed by atoms with van der Waals surface area (Å²) in [6, 6.07) is 4.97. The molecule has 3 aromatic rings. The van der Waals surface area contributed by atoms with Crippen molar-refractivity contribution < 1.29 is 22.7 Å². The number of halogens is 4. The number of aromatic nitrogens is 3. The number of imidazole rings is 1. The number of aryl methyl sites for hydroxylation is 1. The van der Waals surface area contributed by atoms with Crippen LogP contribution in [0.2, 0.25) is 5.02 Å². The first-order valence-electron chi connectivity index (χ1n) is 9.58. The van der Waals surface area contributed by atoms with Crippen molar-refractivity contribution in [2.24, 2.45) is 13.0 Å². The van der Waals surface area contributed by atoms with Gasteiger partial charge in [-0.1, -0.05) is 11.6 Å². The number of pyridine rings is 1. The number of fused-ring (bicyclic) bond motifs is 1. The predicted octanol–water partition coefficient (Wildman–Crippen LogP) is 4.16. The monoisotopic (exact) mass is 452 g/mol. The summed E-state index contributed by atoms with van der Waals surface area (Å²) in [5.41, 5.74) is 1.88. The Morgan fingerprint density at radius 1 is 1.32 bits per heavy atom. The van der Waals surface area contributed by atoms with E-state index in [0.717, 1.165) is 0 Å². The maximum atomic E-state index is 12.9. The van der Waals surface area contributed by atoms with Gasteiger partial charge in [-0.25, -0.2) is 9.97 Å². The molecule has 1 saturated heterocycles. The molecule has 0 saturated carbocycles. The van der Waals surface area contributed by atoms with Crippen molar-refractivity contribution in [1.82, 2.24) is 19.4 Å². The average molecular weight is 453 g/mol. The number of ketones is 1. The molecule has 0 N–H and O–H groups in total. The van der Waals surface area contributed by atoms with Gasteiger partial charge in [0.1, 0.15) is 11.5 Å². The quantitative estimate of drug-likeness (QED) is 0.544. The van der Waals surface area contributed by atoms with Crippen LogP contribution in [0.5, 0.6) is 5.88 Å². The number of likely N-dealkylation sites (tertiary alicyclic amines) is 1. The Morgan fingerprint density at radius 2 is 2.03 bits per heavy atom. The van der Waals surface area contributed by atoms with E-state index in [4.69, 9.17) is 16.3 Å². The zero-order chi connectivity index (χ0) is 22.5. The smallest absolute Gasteiger partial charge is 0.394 e. The van der Waals surface area contributed by atoms with E-state index in [1.165, 1.54) is 13.3 Å². The lowest BCUT2D eigenvalue weighted by molar-refractivity contribution is -0.210. The molecule has 4 rings (SSSR count). The number of nitrogens with zero attached hydrogens (tertiary/aromatic N) is 4. The van der Waals surface area contributed by atoms with Gasteiger partial charge in [0.2, 0.25) is 11.7 Å². The summed E-state index contributed by atoms with van der Waals surface area (Å²) in [4.78, 5) is 23.2. The largest absolute Gasteiger partial charge is 0.481 e. The third-order valence-electron chi connectivity index (χ3n) is 5.69. The van der Waals surface area contributed by atoms with Crippen molar-refractivity contribution in [3.05, 3.63) is 52.1 Å². The van der Waals surface area contributed by atoms with Gasteiger partial charge in [0.25, 0.3) is 0 Å². The molecular weight excluding hydrogens is 433 g/mol.